The van der Waals surface area contributed by atoms with Crippen molar-refractivity contribution in [3.05, 3.63) is 134 Å². The van der Waals surface area contributed by atoms with Crippen molar-refractivity contribution >= 4 is 17.9 Å². The smallest absolute Gasteiger partial charge is 0.306 e. The molecule has 0 aromatic carbocycles. The third-order valence-electron chi connectivity index (χ3n) is 12.3. The van der Waals surface area contributed by atoms with Gasteiger partial charge in [-0.3, -0.25) is 14.4 Å². The summed E-state index contributed by atoms with van der Waals surface area (Å²) in [5.74, 6) is -0.951. The van der Waals surface area contributed by atoms with Crippen molar-refractivity contribution < 1.29 is 28.6 Å². The maximum atomic E-state index is 12.8. The van der Waals surface area contributed by atoms with Gasteiger partial charge in [0.05, 0.1) is 0 Å². The van der Waals surface area contributed by atoms with Gasteiger partial charge in [0.25, 0.3) is 0 Å². The van der Waals surface area contributed by atoms with Gasteiger partial charge in [-0.2, -0.15) is 0 Å². The first-order chi connectivity index (χ1) is 36.5. The van der Waals surface area contributed by atoms with E-state index in [4.69, 9.17) is 14.2 Å². The molecule has 1 unspecified atom stereocenters. The Balaban J connectivity index is 4.38. The van der Waals surface area contributed by atoms with E-state index in [1.807, 2.05) is 0 Å². The molecule has 0 aliphatic heterocycles. The van der Waals surface area contributed by atoms with Gasteiger partial charge in [0.15, 0.2) is 6.10 Å². The lowest BCUT2D eigenvalue weighted by molar-refractivity contribution is -0.167. The van der Waals surface area contributed by atoms with Crippen LogP contribution < -0.4 is 0 Å². The molecule has 0 fully saturated rings. The van der Waals surface area contributed by atoms with Crippen LogP contribution in [0.25, 0.3) is 0 Å². The summed E-state index contributed by atoms with van der Waals surface area (Å²) in [6.45, 7) is 6.40. The number of hydrogen-bond donors (Lipinski definition) is 0. The number of allylic oxidation sites excluding steroid dienone is 22. The molecule has 6 nitrogen and oxygen atoms in total. The number of carbonyl (C=O) groups is 3. The van der Waals surface area contributed by atoms with Crippen LogP contribution in [0.5, 0.6) is 0 Å². The van der Waals surface area contributed by atoms with E-state index < -0.39 is 6.10 Å². The molecule has 0 amide bonds. The molecule has 0 radical (unpaired) electrons. The monoisotopic (exact) mass is 1020 g/mol. The number of unbranched alkanes of at least 4 members (excludes halogenated alkanes) is 20. The maximum absolute atomic E-state index is 12.8. The summed E-state index contributed by atoms with van der Waals surface area (Å²) >= 11 is 0. The summed E-state index contributed by atoms with van der Waals surface area (Å²) in [4.78, 5) is 38.2. The predicted molar refractivity (Wildman–Crippen MR) is 320 cm³/mol. The molecule has 0 bridgehead atoms. The van der Waals surface area contributed by atoms with Gasteiger partial charge in [0.1, 0.15) is 13.2 Å². The lowest BCUT2D eigenvalue weighted by atomic mass is 10.1. The Labute approximate surface area is 455 Å². The highest BCUT2D eigenvalue weighted by Gasteiger charge is 2.19. The molecule has 0 saturated carbocycles. The summed E-state index contributed by atoms with van der Waals surface area (Å²) in [5.41, 5.74) is 0. The molecule has 0 spiro atoms. The fourth-order valence-electron chi connectivity index (χ4n) is 7.84. The molecule has 0 N–H and O–H groups in total. The molecule has 0 aromatic rings. The van der Waals surface area contributed by atoms with E-state index in [9.17, 15) is 14.4 Å². The fourth-order valence-corrected chi connectivity index (χ4v) is 7.84. The number of ether oxygens (including phenoxy) is 3. The van der Waals surface area contributed by atoms with Gasteiger partial charge < -0.3 is 14.2 Å². The zero-order valence-corrected chi connectivity index (χ0v) is 47.8. The van der Waals surface area contributed by atoms with E-state index in [1.54, 1.807) is 0 Å². The summed E-state index contributed by atoms with van der Waals surface area (Å²) in [6, 6.07) is 0. The van der Waals surface area contributed by atoms with Gasteiger partial charge in [-0.05, 0) is 135 Å². The van der Waals surface area contributed by atoms with Crippen LogP contribution in [0.4, 0.5) is 0 Å². The first kappa shape index (κ1) is 69.5. The second-order valence-corrected chi connectivity index (χ2v) is 19.5. The Morgan fingerprint density at radius 1 is 0.284 bits per heavy atom. The van der Waals surface area contributed by atoms with Crippen LogP contribution in [-0.4, -0.2) is 37.2 Å². The van der Waals surface area contributed by atoms with E-state index in [-0.39, 0.29) is 31.1 Å². The molecular formula is C68H110O6. The number of rotatable bonds is 53. The largest absolute Gasteiger partial charge is 0.462 e. The minimum absolute atomic E-state index is 0.100. The standard InChI is InChI=1S/C68H110O6/c1-4-7-10-13-16-19-22-25-27-28-29-30-31-32-33-34-35-36-37-38-39-40-41-44-46-49-52-55-58-61-67(70)73-64-65(63-72-66(69)60-57-54-51-48-45-42-24-21-18-15-12-9-6-3)74-68(71)62-59-56-53-50-47-43-26-23-20-17-14-11-8-5-2/h7,10,12,15-16,19,21,23-27,29-30,32-33,35-36,38-39,41,44,65H,4-6,8-9,11,13-14,17-18,20,22,28,31,34,37,40,42-43,45-64H2,1-3H3/b10-7-,15-12-,19-16-,24-21-,26-23-,27-25-,30-29-,33-32-,36-35-,39-38-,44-41-. The van der Waals surface area contributed by atoms with Crippen molar-refractivity contribution in [1.29, 1.82) is 0 Å². The Morgan fingerprint density at radius 2 is 0.554 bits per heavy atom. The van der Waals surface area contributed by atoms with Crippen molar-refractivity contribution in [1.82, 2.24) is 0 Å². The number of carbonyl (C=O) groups excluding carboxylic acids is 3. The fraction of sp³-hybridized carbons (Fsp3) is 0.632. The summed E-state index contributed by atoms with van der Waals surface area (Å²) in [6.07, 6.45) is 85.9. The highest BCUT2D eigenvalue weighted by molar-refractivity contribution is 5.71. The van der Waals surface area contributed by atoms with Crippen LogP contribution in [0, 0.1) is 0 Å². The Hall–Kier alpha value is -4.45. The van der Waals surface area contributed by atoms with Gasteiger partial charge >= 0.3 is 17.9 Å². The minimum Gasteiger partial charge on any atom is -0.462 e. The highest BCUT2D eigenvalue weighted by atomic mass is 16.6. The molecule has 1 atom stereocenters. The number of hydrogen-bond acceptors (Lipinski definition) is 6. The van der Waals surface area contributed by atoms with Crippen molar-refractivity contribution in [2.24, 2.45) is 0 Å². The lowest BCUT2D eigenvalue weighted by Crippen LogP contribution is -2.30. The van der Waals surface area contributed by atoms with Gasteiger partial charge in [-0.1, -0.05) is 238 Å². The summed E-state index contributed by atoms with van der Waals surface area (Å²) in [7, 11) is 0. The molecule has 0 heterocycles. The number of esters is 3. The topological polar surface area (TPSA) is 78.9 Å². The van der Waals surface area contributed by atoms with Crippen LogP contribution in [0.2, 0.25) is 0 Å². The molecule has 0 saturated heterocycles. The Kier molecular flexibility index (Phi) is 57.4. The third-order valence-corrected chi connectivity index (χ3v) is 12.3. The van der Waals surface area contributed by atoms with E-state index >= 15 is 0 Å². The molecule has 0 rings (SSSR count). The second kappa shape index (κ2) is 61.1. The Morgan fingerprint density at radius 3 is 0.892 bits per heavy atom. The van der Waals surface area contributed by atoms with Crippen LogP contribution in [0.15, 0.2) is 134 Å². The lowest BCUT2D eigenvalue weighted by Gasteiger charge is -2.18. The van der Waals surface area contributed by atoms with Crippen LogP contribution in [-0.2, 0) is 28.6 Å². The quantitative estimate of drug-likeness (QED) is 0.0261. The molecule has 6 heteroatoms. The maximum Gasteiger partial charge on any atom is 0.306 e. The van der Waals surface area contributed by atoms with Crippen LogP contribution in [0.1, 0.15) is 258 Å². The molecule has 0 aliphatic carbocycles. The van der Waals surface area contributed by atoms with E-state index in [1.165, 1.54) is 51.4 Å². The van der Waals surface area contributed by atoms with Gasteiger partial charge in [-0.25, -0.2) is 0 Å². The summed E-state index contributed by atoms with van der Waals surface area (Å²) < 4.78 is 16.8. The average Bonchev–Trinajstić information content (AvgIpc) is 3.40. The van der Waals surface area contributed by atoms with Crippen LogP contribution >= 0.6 is 0 Å². The first-order valence-electron chi connectivity index (χ1n) is 30.2. The third kappa shape index (κ3) is 58.4. The molecule has 74 heavy (non-hydrogen) atoms. The summed E-state index contributed by atoms with van der Waals surface area (Å²) in [5, 5.41) is 0. The SMILES string of the molecule is CC/C=C\C/C=C\C/C=C\C/C=C\C/C=C\C/C=C\C/C=C\C/C=C\CCCCCCC(=O)OCC(COC(=O)CCCCCCC/C=C\C/C=C\CCC)OC(=O)CCCCCCC/C=C\CCCCCCC. The van der Waals surface area contributed by atoms with Crippen molar-refractivity contribution in [3.63, 3.8) is 0 Å². The van der Waals surface area contributed by atoms with Crippen molar-refractivity contribution in [3.8, 4) is 0 Å². The molecular weight excluding hydrogens is 913 g/mol. The Bertz CT molecular complexity index is 1600. The van der Waals surface area contributed by atoms with E-state index in [0.717, 1.165) is 167 Å². The molecule has 418 valence electrons. The van der Waals surface area contributed by atoms with Crippen molar-refractivity contribution in [2.45, 2.75) is 264 Å². The first-order valence-corrected chi connectivity index (χ1v) is 30.2. The van der Waals surface area contributed by atoms with Gasteiger partial charge in [0.2, 0.25) is 0 Å². The normalized spacial score (nSPS) is 13.1. The van der Waals surface area contributed by atoms with Gasteiger partial charge in [0, 0.05) is 19.3 Å². The average molecular weight is 1020 g/mol. The predicted octanol–water partition coefficient (Wildman–Crippen LogP) is 20.6. The van der Waals surface area contributed by atoms with Gasteiger partial charge in [-0.15, -0.1) is 0 Å². The second-order valence-electron chi connectivity index (χ2n) is 19.5. The highest BCUT2D eigenvalue weighted by Crippen LogP contribution is 2.14. The van der Waals surface area contributed by atoms with E-state index in [2.05, 4.69) is 154 Å². The molecule has 0 aliphatic rings. The minimum atomic E-state index is -0.803. The zero-order valence-electron chi connectivity index (χ0n) is 47.8. The van der Waals surface area contributed by atoms with Crippen LogP contribution in [0.3, 0.4) is 0 Å². The molecule has 0 aromatic heterocycles. The van der Waals surface area contributed by atoms with E-state index in [0.29, 0.717) is 19.3 Å². The van der Waals surface area contributed by atoms with Crippen molar-refractivity contribution in [2.75, 3.05) is 13.2 Å². The zero-order chi connectivity index (χ0) is 53.6.